The van der Waals surface area contributed by atoms with E-state index < -0.39 is 23.7 Å². The summed E-state index contributed by atoms with van der Waals surface area (Å²) in [5.74, 6) is -1.37. The van der Waals surface area contributed by atoms with Crippen molar-refractivity contribution < 1.29 is 22.7 Å². The van der Waals surface area contributed by atoms with Gasteiger partial charge in [-0.3, -0.25) is 0 Å². The van der Waals surface area contributed by atoms with Crippen LogP contribution in [0.5, 0.6) is 0 Å². The maximum atomic E-state index is 13.0. The topological polar surface area (TPSA) is 46.0 Å². The van der Waals surface area contributed by atoms with E-state index in [2.05, 4.69) is 9.59 Å². The van der Waals surface area contributed by atoms with Gasteiger partial charge >= 0.3 is 6.18 Å². The number of halogens is 4. The maximum absolute atomic E-state index is 13.0. The van der Waals surface area contributed by atoms with Gasteiger partial charge < -0.3 is 5.11 Å². The van der Waals surface area contributed by atoms with Crippen molar-refractivity contribution in [3.63, 3.8) is 0 Å². The van der Waals surface area contributed by atoms with E-state index >= 15 is 0 Å². The standard InChI is InChI=1S/C10H6F4N2OS/c11-7-2-1-5(3-6(7)10(12,13)14)9(17)8-4-15-16-18-8/h1-4,9,17H. The molecule has 0 bridgehead atoms. The quantitative estimate of drug-likeness (QED) is 0.859. The smallest absolute Gasteiger partial charge is 0.383 e. The molecule has 0 spiro atoms. The fourth-order valence-corrected chi connectivity index (χ4v) is 1.91. The third kappa shape index (κ3) is 2.49. The summed E-state index contributed by atoms with van der Waals surface area (Å²) in [6.45, 7) is 0. The van der Waals surface area contributed by atoms with Crippen molar-refractivity contribution in [2.24, 2.45) is 0 Å². The van der Waals surface area contributed by atoms with E-state index in [1.165, 1.54) is 6.20 Å². The van der Waals surface area contributed by atoms with Gasteiger partial charge in [-0.25, -0.2) is 4.39 Å². The predicted molar refractivity (Wildman–Crippen MR) is 55.4 cm³/mol. The number of benzene rings is 1. The largest absolute Gasteiger partial charge is 0.419 e. The molecular formula is C10H6F4N2OS. The summed E-state index contributed by atoms with van der Waals surface area (Å²) in [5, 5.41) is 13.3. The third-order valence-corrected chi connectivity index (χ3v) is 2.97. The summed E-state index contributed by atoms with van der Waals surface area (Å²) < 4.78 is 54.0. The molecule has 2 rings (SSSR count). The zero-order valence-electron chi connectivity index (χ0n) is 8.65. The van der Waals surface area contributed by atoms with Crippen LogP contribution < -0.4 is 0 Å². The Balaban J connectivity index is 2.42. The van der Waals surface area contributed by atoms with Crippen molar-refractivity contribution in [2.75, 3.05) is 0 Å². The highest BCUT2D eigenvalue weighted by atomic mass is 32.1. The van der Waals surface area contributed by atoms with Crippen LogP contribution in [-0.4, -0.2) is 14.7 Å². The Labute approximate surface area is 103 Å². The molecule has 0 fully saturated rings. The van der Waals surface area contributed by atoms with E-state index in [0.717, 1.165) is 17.6 Å². The molecule has 0 aliphatic rings. The number of hydrogen-bond donors (Lipinski definition) is 1. The van der Waals surface area contributed by atoms with E-state index in [1.807, 2.05) is 0 Å². The molecule has 0 aliphatic carbocycles. The predicted octanol–water partition coefficient (Wildman–Crippen LogP) is 2.78. The van der Waals surface area contributed by atoms with E-state index in [4.69, 9.17) is 0 Å². The fraction of sp³-hybridized carbons (Fsp3) is 0.200. The molecule has 1 aromatic carbocycles. The zero-order valence-corrected chi connectivity index (χ0v) is 9.46. The number of aliphatic hydroxyl groups excluding tert-OH is 1. The summed E-state index contributed by atoms with van der Waals surface area (Å²) in [7, 11) is 0. The number of aliphatic hydroxyl groups is 1. The molecule has 18 heavy (non-hydrogen) atoms. The fourth-order valence-electron chi connectivity index (χ4n) is 1.39. The molecule has 0 radical (unpaired) electrons. The van der Waals surface area contributed by atoms with Crippen molar-refractivity contribution in [3.8, 4) is 0 Å². The van der Waals surface area contributed by atoms with Crippen LogP contribution in [0.15, 0.2) is 24.4 Å². The normalized spacial score (nSPS) is 13.6. The van der Waals surface area contributed by atoms with Crippen LogP contribution in [-0.2, 0) is 6.18 Å². The van der Waals surface area contributed by atoms with Gasteiger partial charge in [-0.2, -0.15) is 13.2 Å². The van der Waals surface area contributed by atoms with Crippen molar-refractivity contribution in [1.82, 2.24) is 9.59 Å². The summed E-state index contributed by atoms with van der Waals surface area (Å²) in [4.78, 5) is 0.287. The molecule has 1 unspecified atom stereocenters. The van der Waals surface area contributed by atoms with Crippen LogP contribution in [0.1, 0.15) is 22.1 Å². The highest BCUT2D eigenvalue weighted by Crippen LogP contribution is 2.34. The molecule has 0 aliphatic heterocycles. The summed E-state index contributed by atoms with van der Waals surface area (Å²) in [6, 6.07) is 2.35. The van der Waals surface area contributed by atoms with E-state index in [1.54, 1.807) is 0 Å². The number of nitrogens with zero attached hydrogens (tertiary/aromatic N) is 2. The molecule has 2 aromatic rings. The summed E-state index contributed by atoms with van der Waals surface area (Å²) in [5.41, 5.74) is -1.47. The lowest BCUT2D eigenvalue weighted by Crippen LogP contribution is -2.10. The minimum atomic E-state index is -4.80. The number of rotatable bonds is 2. The van der Waals surface area contributed by atoms with Gasteiger partial charge in [-0.05, 0) is 29.2 Å². The van der Waals surface area contributed by atoms with Crippen LogP contribution >= 0.6 is 11.5 Å². The highest BCUT2D eigenvalue weighted by molar-refractivity contribution is 7.05. The van der Waals surface area contributed by atoms with Crippen molar-refractivity contribution in [2.45, 2.75) is 12.3 Å². The van der Waals surface area contributed by atoms with Crippen LogP contribution in [0.4, 0.5) is 17.6 Å². The third-order valence-electron chi connectivity index (χ3n) is 2.26. The Morgan fingerprint density at radius 1 is 1.28 bits per heavy atom. The highest BCUT2D eigenvalue weighted by Gasteiger charge is 2.34. The van der Waals surface area contributed by atoms with Gasteiger partial charge in [-0.15, -0.1) is 5.10 Å². The molecule has 1 atom stereocenters. The van der Waals surface area contributed by atoms with Gasteiger partial charge in [0.2, 0.25) is 0 Å². The molecule has 1 N–H and O–H groups in total. The first-order valence-electron chi connectivity index (χ1n) is 4.71. The summed E-state index contributed by atoms with van der Waals surface area (Å²) in [6.07, 6.45) is -4.86. The Morgan fingerprint density at radius 2 is 2.00 bits per heavy atom. The van der Waals surface area contributed by atoms with Gasteiger partial charge in [-0.1, -0.05) is 10.6 Å². The molecule has 96 valence electrons. The van der Waals surface area contributed by atoms with Gasteiger partial charge in [0.1, 0.15) is 11.9 Å². The molecular weight excluding hydrogens is 272 g/mol. The Morgan fingerprint density at radius 3 is 2.56 bits per heavy atom. The number of aromatic nitrogens is 2. The average Bonchev–Trinajstić information content (AvgIpc) is 2.80. The number of alkyl halides is 3. The van der Waals surface area contributed by atoms with Crippen LogP contribution in [0.2, 0.25) is 0 Å². The Kier molecular flexibility index (Phi) is 3.31. The number of hydrogen-bond acceptors (Lipinski definition) is 4. The molecule has 1 heterocycles. The first-order chi connectivity index (χ1) is 8.39. The second-order valence-corrected chi connectivity index (χ2v) is 4.28. The minimum absolute atomic E-state index is 0.0604. The van der Waals surface area contributed by atoms with Crippen molar-refractivity contribution >= 4 is 11.5 Å². The molecule has 1 aromatic heterocycles. The van der Waals surface area contributed by atoms with Gasteiger partial charge in [0, 0.05) is 0 Å². The molecule has 3 nitrogen and oxygen atoms in total. The lowest BCUT2D eigenvalue weighted by molar-refractivity contribution is -0.140. The first kappa shape index (κ1) is 12.9. The van der Waals surface area contributed by atoms with Gasteiger partial charge in [0.25, 0.3) is 0 Å². The Bertz CT molecular complexity index is 541. The Hall–Kier alpha value is -1.54. The van der Waals surface area contributed by atoms with Crippen LogP contribution in [0, 0.1) is 5.82 Å². The minimum Gasteiger partial charge on any atom is -0.383 e. The SMILES string of the molecule is OC(c1ccc(F)c(C(F)(F)F)c1)c1cnns1. The molecule has 8 heteroatoms. The van der Waals surface area contributed by atoms with E-state index in [0.29, 0.717) is 12.1 Å². The summed E-state index contributed by atoms with van der Waals surface area (Å²) >= 11 is 0.857. The van der Waals surface area contributed by atoms with Crippen molar-refractivity contribution in [1.29, 1.82) is 0 Å². The lowest BCUT2D eigenvalue weighted by Gasteiger charge is -2.12. The molecule has 0 saturated carbocycles. The molecule has 0 saturated heterocycles. The van der Waals surface area contributed by atoms with Crippen LogP contribution in [0.25, 0.3) is 0 Å². The van der Waals surface area contributed by atoms with Gasteiger partial charge in [0.05, 0.1) is 16.6 Å². The van der Waals surface area contributed by atoms with Gasteiger partial charge in [0.15, 0.2) is 0 Å². The lowest BCUT2D eigenvalue weighted by atomic mass is 10.0. The maximum Gasteiger partial charge on any atom is 0.419 e. The zero-order chi connectivity index (χ0) is 13.3. The second kappa shape index (κ2) is 4.62. The van der Waals surface area contributed by atoms with E-state index in [9.17, 15) is 22.7 Å². The van der Waals surface area contributed by atoms with Crippen molar-refractivity contribution in [3.05, 3.63) is 46.2 Å². The first-order valence-corrected chi connectivity index (χ1v) is 5.49. The second-order valence-electron chi connectivity index (χ2n) is 3.46. The van der Waals surface area contributed by atoms with Crippen LogP contribution in [0.3, 0.4) is 0 Å². The average molecular weight is 278 g/mol. The van der Waals surface area contributed by atoms with E-state index in [-0.39, 0.29) is 10.4 Å². The monoisotopic (exact) mass is 278 g/mol. The molecule has 0 amide bonds.